The standard InChI is InChI=1S/C19H17NO6/c1-12(21)13-5-4-6-14(9-13)20-18(22)11-25-19(23)17-10-24-15-7-2-3-8-16(15)26-17/h2-9,17H,10-11H2,1H3,(H,20,22)/t17-/m0/s1. The molecule has 1 aliphatic rings. The number of esters is 1. The lowest BCUT2D eigenvalue weighted by molar-refractivity contribution is -0.156. The van der Waals surface area contributed by atoms with E-state index in [0.29, 0.717) is 22.7 Å². The van der Waals surface area contributed by atoms with E-state index in [1.165, 1.54) is 6.92 Å². The van der Waals surface area contributed by atoms with Gasteiger partial charge in [-0.2, -0.15) is 0 Å². The molecule has 2 aromatic rings. The van der Waals surface area contributed by atoms with Crippen molar-refractivity contribution in [1.82, 2.24) is 0 Å². The fourth-order valence-electron chi connectivity index (χ4n) is 2.38. The van der Waals surface area contributed by atoms with E-state index in [0.717, 1.165) is 0 Å². The second-order valence-corrected chi connectivity index (χ2v) is 5.66. The molecule has 0 bridgehead atoms. The van der Waals surface area contributed by atoms with E-state index in [1.54, 1.807) is 48.5 Å². The summed E-state index contributed by atoms with van der Waals surface area (Å²) in [5.41, 5.74) is 0.927. The first kappa shape index (κ1) is 17.5. The first-order valence-electron chi connectivity index (χ1n) is 7.99. The Balaban J connectivity index is 1.51. The van der Waals surface area contributed by atoms with Crippen LogP contribution < -0.4 is 14.8 Å². The van der Waals surface area contributed by atoms with Crippen molar-refractivity contribution in [3.05, 3.63) is 54.1 Å². The number of Topliss-reactive ketones (excluding diaryl/α,β-unsaturated/α-hetero) is 1. The molecule has 0 saturated carbocycles. The summed E-state index contributed by atoms with van der Waals surface area (Å²) < 4.78 is 15.9. The molecular formula is C19H17NO6. The van der Waals surface area contributed by atoms with E-state index in [9.17, 15) is 14.4 Å². The monoisotopic (exact) mass is 355 g/mol. The van der Waals surface area contributed by atoms with Crippen molar-refractivity contribution in [2.75, 3.05) is 18.5 Å². The van der Waals surface area contributed by atoms with Crippen LogP contribution in [-0.4, -0.2) is 37.0 Å². The van der Waals surface area contributed by atoms with Gasteiger partial charge in [-0.15, -0.1) is 0 Å². The second-order valence-electron chi connectivity index (χ2n) is 5.66. The molecule has 0 aromatic heterocycles. The zero-order valence-electron chi connectivity index (χ0n) is 14.1. The number of ketones is 1. The fraction of sp³-hybridized carbons (Fsp3) is 0.211. The van der Waals surface area contributed by atoms with Gasteiger partial charge in [0.15, 0.2) is 23.9 Å². The molecule has 1 N–H and O–H groups in total. The van der Waals surface area contributed by atoms with Crippen LogP contribution in [0.15, 0.2) is 48.5 Å². The van der Waals surface area contributed by atoms with Crippen LogP contribution in [0, 0.1) is 0 Å². The van der Waals surface area contributed by atoms with Crippen LogP contribution in [0.2, 0.25) is 0 Å². The quantitative estimate of drug-likeness (QED) is 0.653. The number of rotatable bonds is 5. The maximum atomic E-state index is 12.1. The average Bonchev–Trinajstić information content (AvgIpc) is 2.66. The van der Waals surface area contributed by atoms with Crippen molar-refractivity contribution in [2.45, 2.75) is 13.0 Å². The van der Waals surface area contributed by atoms with E-state index >= 15 is 0 Å². The average molecular weight is 355 g/mol. The molecule has 0 saturated heterocycles. The van der Waals surface area contributed by atoms with E-state index in [4.69, 9.17) is 14.2 Å². The lowest BCUT2D eigenvalue weighted by Crippen LogP contribution is -2.39. The van der Waals surface area contributed by atoms with Gasteiger partial charge in [-0.25, -0.2) is 4.79 Å². The Hall–Kier alpha value is -3.35. The summed E-state index contributed by atoms with van der Waals surface area (Å²) in [4.78, 5) is 35.3. The van der Waals surface area contributed by atoms with Crippen LogP contribution in [0.25, 0.3) is 0 Å². The lowest BCUT2D eigenvalue weighted by atomic mass is 10.1. The number of nitrogens with one attached hydrogen (secondary N) is 1. The summed E-state index contributed by atoms with van der Waals surface area (Å²) in [5.74, 6) is -0.309. The molecular weight excluding hydrogens is 338 g/mol. The minimum Gasteiger partial charge on any atom is -0.485 e. The highest BCUT2D eigenvalue weighted by atomic mass is 16.6. The third-order valence-electron chi connectivity index (χ3n) is 3.67. The molecule has 1 heterocycles. The van der Waals surface area contributed by atoms with Gasteiger partial charge in [-0.05, 0) is 31.2 Å². The molecule has 134 valence electrons. The number of carbonyl (C=O) groups excluding carboxylic acids is 3. The summed E-state index contributed by atoms with van der Waals surface area (Å²) in [6.07, 6.45) is -0.932. The number of hydrogen-bond acceptors (Lipinski definition) is 6. The number of para-hydroxylation sites is 2. The lowest BCUT2D eigenvalue weighted by Gasteiger charge is -2.24. The fourth-order valence-corrected chi connectivity index (χ4v) is 2.38. The zero-order chi connectivity index (χ0) is 18.5. The Morgan fingerprint density at radius 3 is 2.65 bits per heavy atom. The predicted molar refractivity (Wildman–Crippen MR) is 92.4 cm³/mol. The highest BCUT2D eigenvalue weighted by Crippen LogP contribution is 2.31. The Labute approximate surface area is 149 Å². The molecule has 0 radical (unpaired) electrons. The van der Waals surface area contributed by atoms with Crippen molar-refractivity contribution >= 4 is 23.3 Å². The number of benzene rings is 2. The van der Waals surface area contributed by atoms with Gasteiger partial charge in [0.05, 0.1) is 0 Å². The van der Waals surface area contributed by atoms with Gasteiger partial charge < -0.3 is 19.5 Å². The molecule has 1 atom stereocenters. The van der Waals surface area contributed by atoms with Gasteiger partial charge in [-0.1, -0.05) is 24.3 Å². The zero-order valence-corrected chi connectivity index (χ0v) is 14.1. The van der Waals surface area contributed by atoms with Crippen LogP contribution in [-0.2, 0) is 14.3 Å². The maximum absolute atomic E-state index is 12.1. The Morgan fingerprint density at radius 1 is 1.12 bits per heavy atom. The van der Waals surface area contributed by atoms with Gasteiger partial charge >= 0.3 is 5.97 Å². The van der Waals surface area contributed by atoms with E-state index < -0.39 is 24.6 Å². The third-order valence-corrected chi connectivity index (χ3v) is 3.67. The SMILES string of the molecule is CC(=O)c1cccc(NC(=O)COC(=O)[C@@H]2COc3ccccc3O2)c1. The van der Waals surface area contributed by atoms with Crippen molar-refractivity contribution in [3.63, 3.8) is 0 Å². The van der Waals surface area contributed by atoms with Crippen molar-refractivity contribution in [3.8, 4) is 11.5 Å². The minimum atomic E-state index is -0.932. The summed E-state index contributed by atoms with van der Waals surface area (Å²) >= 11 is 0. The van der Waals surface area contributed by atoms with Crippen LogP contribution in [0.3, 0.4) is 0 Å². The molecule has 0 fully saturated rings. The molecule has 2 aromatic carbocycles. The molecule has 7 heteroatoms. The number of amides is 1. The molecule has 0 unspecified atom stereocenters. The summed E-state index contributed by atoms with van der Waals surface area (Å²) in [6, 6.07) is 13.5. The smallest absolute Gasteiger partial charge is 0.351 e. The van der Waals surface area contributed by atoms with E-state index in [1.807, 2.05) is 0 Å². The number of carbonyl (C=O) groups is 3. The van der Waals surface area contributed by atoms with Crippen LogP contribution in [0.1, 0.15) is 17.3 Å². The predicted octanol–water partition coefficient (Wildman–Crippen LogP) is 2.21. The van der Waals surface area contributed by atoms with Crippen LogP contribution in [0.4, 0.5) is 5.69 Å². The molecule has 3 rings (SSSR count). The highest BCUT2D eigenvalue weighted by molar-refractivity contribution is 5.97. The van der Waals surface area contributed by atoms with Gasteiger partial charge in [0.25, 0.3) is 5.91 Å². The van der Waals surface area contributed by atoms with Crippen LogP contribution in [0.5, 0.6) is 11.5 Å². The largest absolute Gasteiger partial charge is 0.485 e. The molecule has 1 amide bonds. The van der Waals surface area contributed by atoms with E-state index in [-0.39, 0.29) is 12.4 Å². The number of anilines is 1. The third kappa shape index (κ3) is 4.18. The molecule has 1 aliphatic heterocycles. The highest BCUT2D eigenvalue weighted by Gasteiger charge is 2.29. The Morgan fingerprint density at radius 2 is 1.88 bits per heavy atom. The summed E-state index contributed by atoms with van der Waals surface area (Å²) in [7, 11) is 0. The van der Waals surface area contributed by atoms with Crippen LogP contribution >= 0.6 is 0 Å². The normalized spacial score (nSPS) is 15.0. The molecule has 0 spiro atoms. The van der Waals surface area contributed by atoms with Crippen molar-refractivity contribution < 1.29 is 28.6 Å². The molecule has 26 heavy (non-hydrogen) atoms. The first-order valence-corrected chi connectivity index (χ1v) is 7.99. The van der Waals surface area contributed by atoms with Crippen molar-refractivity contribution in [1.29, 1.82) is 0 Å². The maximum Gasteiger partial charge on any atom is 0.351 e. The number of hydrogen-bond donors (Lipinski definition) is 1. The van der Waals surface area contributed by atoms with Crippen molar-refractivity contribution in [2.24, 2.45) is 0 Å². The molecule has 7 nitrogen and oxygen atoms in total. The first-order chi connectivity index (χ1) is 12.5. The Bertz CT molecular complexity index is 847. The minimum absolute atomic E-state index is 0.0120. The second kappa shape index (κ2) is 7.69. The topological polar surface area (TPSA) is 90.9 Å². The summed E-state index contributed by atoms with van der Waals surface area (Å²) in [6.45, 7) is 0.982. The Kier molecular flexibility index (Phi) is 5.17. The van der Waals surface area contributed by atoms with E-state index in [2.05, 4.69) is 5.32 Å². The van der Waals surface area contributed by atoms with Gasteiger partial charge in [-0.3, -0.25) is 9.59 Å². The van der Waals surface area contributed by atoms with Gasteiger partial charge in [0, 0.05) is 11.3 Å². The summed E-state index contributed by atoms with van der Waals surface area (Å²) in [5, 5.41) is 2.57. The number of fused-ring (bicyclic) bond motifs is 1. The van der Waals surface area contributed by atoms with Gasteiger partial charge in [0.2, 0.25) is 6.10 Å². The van der Waals surface area contributed by atoms with Gasteiger partial charge in [0.1, 0.15) is 6.61 Å². The number of ether oxygens (including phenoxy) is 3. The molecule has 0 aliphatic carbocycles.